The Kier molecular flexibility index (Phi) is 5.11. The molecule has 0 bridgehead atoms. The number of anilines is 1. The number of rotatable bonds is 6. The maximum Gasteiger partial charge on any atom is 0.225 e. The molecule has 0 aliphatic carbocycles. The molecular formula is C20H24N6O. The van der Waals surface area contributed by atoms with Gasteiger partial charge in [0.1, 0.15) is 0 Å². The number of fused-ring (bicyclic) bond motifs is 1. The van der Waals surface area contributed by atoms with Gasteiger partial charge < -0.3 is 10.2 Å². The molecule has 140 valence electrons. The molecule has 1 aromatic carbocycles. The molecule has 0 radical (unpaired) electrons. The van der Waals surface area contributed by atoms with E-state index in [1.165, 1.54) is 10.9 Å². The van der Waals surface area contributed by atoms with Gasteiger partial charge in [0.25, 0.3) is 0 Å². The fourth-order valence-corrected chi connectivity index (χ4v) is 3.71. The van der Waals surface area contributed by atoms with E-state index in [-0.39, 0.29) is 0 Å². The molecule has 3 heterocycles. The second-order valence-corrected chi connectivity index (χ2v) is 7.08. The molecule has 0 amide bonds. The van der Waals surface area contributed by atoms with Crippen LogP contribution in [0, 0.1) is 5.92 Å². The Morgan fingerprint density at radius 2 is 1.93 bits per heavy atom. The van der Waals surface area contributed by atoms with Crippen molar-refractivity contribution in [2.45, 2.75) is 19.4 Å². The zero-order valence-corrected chi connectivity index (χ0v) is 15.5. The standard InChI is InChI=1S/C20H24N6O/c1-25-19-5-3-2-4-17(19)18(24-25)13-21-10-15-6-8-26(9-7-15)20-22-11-16(14-27)12-23-20/h2-5,11-12,14-15,21H,6-10,13H2,1H3. The van der Waals surface area contributed by atoms with Gasteiger partial charge in [0.15, 0.2) is 6.29 Å². The summed E-state index contributed by atoms with van der Waals surface area (Å²) in [6.07, 6.45) is 6.15. The van der Waals surface area contributed by atoms with Gasteiger partial charge in [-0.1, -0.05) is 18.2 Å². The molecule has 27 heavy (non-hydrogen) atoms. The van der Waals surface area contributed by atoms with Crippen LogP contribution < -0.4 is 10.2 Å². The molecule has 7 heteroatoms. The Morgan fingerprint density at radius 3 is 2.67 bits per heavy atom. The number of hydrogen-bond donors (Lipinski definition) is 1. The number of aldehydes is 1. The van der Waals surface area contributed by atoms with Gasteiger partial charge in [0.05, 0.1) is 16.8 Å². The number of benzene rings is 1. The number of carbonyl (C=O) groups excluding carboxylic acids is 1. The molecule has 1 aliphatic heterocycles. The summed E-state index contributed by atoms with van der Waals surface area (Å²) < 4.78 is 1.95. The average molecular weight is 364 g/mol. The first-order chi connectivity index (χ1) is 13.2. The highest BCUT2D eigenvalue weighted by Gasteiger charge is 2.21. The molecule has 0 spiro atoms. The Hall–Kier alpha value is -2.80. The number of para-hydroxylation sites is 1. The van der Waals surface area contributed by atoms with Crippen LogP contribution in [0.4, 0.5) is 5.95 Å². The average Bonchev–Trinajstić information content (AvgIpc) is 3.05. The van der Waals surface area contributed by atoms with Crippen molar-refractivity contribution in [1.29, 1.82) is 0 Å². The lowest BCUT2D eigenvalue weighted by Gasteiger charge is -2.32. The predicted molar refractivity (Wildman–Crippen MR) is 105 cm³/mol. The molecule has 3 aromatic rings. The first-order valence-corrected chi connectivity index (χ1v) is 9.38. The van der Waals surface area contributed by atoms with Crippen LogP contribution in [0.25, 0.3) is 10.9 Å². The fourth-order valence-electron chi connectivity index (χ4n) is 3.71. The van der Waals surface area contributed by atoms with Crippen LogP contribution in [0.5, 0.6) is 0 Å². The van der Waals surface area contributed by atoms with Crippen molar-refractivity contribution in [3.05, 3.63) is 47.9 Å². The highest BCUT2D eigenvalue weighted by Crippen LogP contribution is 2.21. The Morgan fingerprint density at radius 1 is 1.19 bits per heavy atom. The number of carbonyl (C=O) groups is 1. The topological polar surface area (TPSA) is 75.9 Å². The van der Waals surface area contributed by atoms with Crippen LogP contribution in [0.3, 0.4) is 0 Å². The van der Waals surface area contributed by atoms with Gasteiger partial charge >= 0.3 is 0 Å². The quantitative estimate of drug-likeness (QED) is 0.676. The molecule has 1 aliphatic rings. The largest absolute Gasteiger partial charge is 0.341 e. The summed E-state index contributed by atoms with van der Waals surface area (Å²) in [5.74, 6) is 1.36. The van der Waals surface area contributed by atoms with E-state index in [9.17, 15) is 4.79 Å². The number of hydrogen-bond acceptors (Lipinski definition) is 6. The van der Waals surface area contributed by atoms with Crippen LogP contribution in [0.15, 0.2) is 36.7 Å². The summed E-state index contributed by atoms with van der Waals surface area (Å²) in [5.41, 5.74) is 2.79. The molecular weight excluding hydrogens is 340 g/mol. The lowest BCUT2D eigenvalue weighted by molar-refractivity contribution is 0.112. The van der Waals surface area contributed by atoms with E-state index in [1.54, 1.807) is 12.4 Å². The van der Waals surface area contributed by atoms with Crippen molar-refractivity contribution in [2.24, 2.45) is 13.0 Å². The molecule has 1 saturated heterocycles. The third-order valence-corrected chi connectivity index (χ3v) is 5.25. The molecule has 4 rings (SSSR count). The number of aryl methyl sites for hydroxylation is 1. The lowest BCUT2D eigenvalue weighted by Crippen LogP contribution is -2.38. The maximum atomic E-state index is 10.7. The van der Waals surface area contributed by atoms with Crippen LogP contribution in [-0.2, 0) is 13.6 Å². The summed E-state index contributed by atoms with van der Waals surface area (Å²) in [6.45, 7) is 3.67. The van der Waals surface area contributed by atoms with E-state index >= 15 is 0 Å². The highest BCUT2D eigenvalue weighted by molar-refractivity contribution is 5.81. The van der Waals surface area contributed by atoms with Crippen molar-refractivity contribution in [3.8, 4) is 0 Å². The van der Waals surface area contributed by atoms with Crippen LogP contribution in [-0.4, -0.2) is 45.7 Å². The second kappa shape index (κ2) is 7.84. The van der Waals surface area contributed by atoms with Crippen molar-refractivity contribution in [3.63, 3.8) is 0 Å². The monoisotopic (exact) mass is 364 g/mol. The van der Waals surface area contributed by atoms with Crippen molar-refractivity contribution in [2.75, 3.05) is 24.5 Å². The van der Waals surface area contributed by atoms with E-state index in [1.807, 2.05) is 17.8 Å². The van der Waals surface area contributed by atoms with Gasteiger partial charge in [-0.2, -0.15) is 5.10 Å². The third kappa shape index (κ3) is 3.83. The molecule has 7 nitrogen and oxygen atoms in total. The van der Waals surface area contributed by atoms with Gasteiger partial charge in [0.2, 0.25) is 5.95 Å². The van der Waals surface area contributed by atoms with Crippen LogP contribution in [0.2, 0.25) is 0 Å². The SMILES string of the molecule is Cn1nc(CNCC2CCN(c3ncc(C=O)cn3)CC2)c2ccccc21. The summed E-state index contributed by atoms with van der Waals surface area (Å²) >= 11 is 0. The minimum absolute atomic E-state index is 0.514. The second-order valence-electron chi connectivity index (χ2n) is 7.08. The van der Waals surface area contributed by atoms with E-state index in [4.69, 9.17) is 0 Å². The zero-order valence-electron chi connectivity index (χ0n) is 15.5. The van der Waals surface area contributed by atoms with Crippen molar-refractivity contribution < 1.29 is 4.79 Å². The molecule has 1 N–H and O–H groups in total. The first-order valence-electron chi connectivity index (χ1n) is 9.38. The van der Waals surface area contributed by atoms with Crippen molar-refractivity contribution in [1.82, 2.24) is 25.1 Å². The van der Waals surface area contributed by atoms with E-state index < -0.39 is 0 Å². The lowest BCUT2D eigenvalue weighted by atomic mass is 9.97. The van der Waals surface area contributed by atoms with Crippen LogP contribution >= 0.6 is 0 Å². The van der Waals surface area contributed by atoms with E-state index in [0.29, 0.717) is 17.4 Å². The van der Waals surface area contributed by atoms with Gasteiger partial charge in [-0.05, 0) is 31.4 Å². The number of piperidine rings is 1. The Bertz CT molecular complexity index is 912. The predicted octanol–water partition coefficient (Wildman–Crippen LogP) is 2.18. The molecule has 0 saturated carbocycles. The maximum absolute atomic E-state index is 10.7. The van der Waals surface area contributed by atoms with Crippen molar-refractivity contribution >= 4 is 23.1 Å². The number of nitrogens with one attached hydrogen (secondary N) is 1. The van der Waals surface area contributed by atoms with Gasteiger partial charge in [-0.15, -0.1) is 0 Å². The third-order valence-electron chi connectivity index (χ3n) is 5.25. The Balaban J connectivity index is 1.27. The summed E-state index contributed by atoms with van der Waals surface area (Å²) in [7, 11) is 1.99. The Labute approximate surface area is 158 Å². The molecule has 1 fully saturated rings. The zero-order chi connectivity index (χ0) is 18.6. The summed E-state index contributed by atoms with van der Waals surface area (Å²) in [5, 5.41) is 9.45. The molecule has 0 atom stereocenters. The van der Waals surface area contributed by atoms with E-state index in [2.05, 4.69) is 43.5 Å². The van der Waals surface area contributed by atoms with Gasteiger partial charge in [-0.3, -0.25) is 9.48 Å². The highest BCUT2D eigenvalue weighted by atomic mass is 16.1. The van der Waals surface area contributed by atoms with Gasteiger partial charge in [-0.25, -0.2) is 9.97 Å². The molecule has 0 unspecified atom stereocenters. The summed E-state index contributed by atoms with van der Waals surface area (Å²) in [6, 6.07) is 8.34. The van der Waals surface area contributed by atoms with Gasteiger partial charge in [0, 0.05) is 44.5 Å². The first kappa shape index (κ1) is 17.6. The van der Waals surface area contributed by atoms with Crippen LogP contribution in [0.1, 0.15) is 28.9 Å². The normalized spacial score (nSPS) is 15.4. The van der Waals surface area contributed by atoms with E-state index in [0.717, 1.165) is 51.0 Å². The fraction of sp³-hybridized carbons (Fsp3) is 0.400. The number of aromatic nitrogens is 4. The minimum Gasteiger partial charge on any atom is -0.341 e. The minimum atomic E-state index is 0.514. The number of nitrogens with zero attached hydrogens (tertiary/aromatic N) is 5. The molecule has 2 aromatic heterocycles. The smallest absolute Gasteiger partial charge is 0.225 e. The summed E-state index contributed by atoms with van der Waals surface area (Å²) in [4.78, 5) is 21.5.